The molecular weight excluding hydrogens is 430 g/mol. The Labute approximate surface area is 186 Å². The summed E-state index contributed by atoms with van der Waals surface area (Å²) in [5.41, 5.74) is 7.43. The van der Waals surface area contributed by atoms with Gasteiger partial charge in [-0.25, -0.2) is 23.3 Å². The summed E-state index contributed by atoms with van der Waals surface area (Å²) in [4.78, 5) is 16.4. The molecule has 1 aliphatic rings. The first-order valence-corrected chi connectivity index (χ1v) is 12.3. The van der Waals surface area contributed by atoms with Crippen LogP contribution >= 0.6 is 0 Å². The number of benzene rings is 2. The van der Waals surface area contributed by atoms with E-state index in [0.29, 0.717) is 35.2 Å². The monoisotopic (exact) mass is 455 g/mol. The predicted molar refractivity (Wildman–Crippen MR) is 119 cm³/mol. The lowest BCUT2D eigenvalue weighted by Crippen LogP contribution is -2.43. The van der Waals surface area contributed by atoms with Crippen LogP contribution in [0.5, 0.6) is 0 Å². The molecule has 168 valence electrons. The van der Waals surface area contributed by atoms with Crippen LogP contribution in [0.2, 0.25) is 0 Å². The first-order chi connectivity index (χ1) is 15.2. The van der Waals surface area contributed by atoms with Gasteiger partial charge in [0, 0.05) is 23.3 Å². The fraction of sp³-hybridized carbons (Fsp3) is 0.304. The van der Waals surface area contributed by atoms with Gasteiger partial charge in [-0.1, -0.05) is 48.9 Å². The van der Waals surface area contributed by atoms with Crippen LogP contribution in [0.1, 0.15) is 37.5 Å². The molecule has 9 heteroatoms. The van der Waals surface area contributed by atoms with E-state index in [9.17, 15) is 18.4 Å². The number of carbonyl (C=O) groups excluding carboxylic acids is 1. The minimum atomic E-state index is -3.31. The number of hydrogen-bond acceptors (Lipinski definition) is 6. The summed E-state index contributed by atoms with van der Waals surface area (Å²) in [5.74, 6) is 1.02. The van der Waals surface area contributed by atoms with Gasteiger partial charge in [-0.15, -0.1) is 0 Å². The number of nitrogens with two attached hydrogens (primary N) is 1. The van der Waals surface area contributed by atoms with Gasteiger partial charge >= 0.3 is 6.03 Å². The molecule has 0 saturated heterocycles. The minimum absolute atomic E-state index is 0.0887. The molecule has 2 atom stereocenters. The lowest BCUT2D eigenvalue weighted by atomic mass is 9.85. The van der Waals surface area contributed by atoms with Crippen molar-refractivity contribution in [2.75, 3.05) is 6.26 Å². The van der Waals surface area contributed by atoms with E-state index in [-0.39, 0.29) is 10.8 Å². The van der Waals surface area contributed by atoms with E-state index < -0.39 is 21.9 Å². The SMILES string of the molecule is CS(=O)(=O)c1ccc(-c2nc(C3CCCC(N(O)C(N)=O)C3)oc2-c2ccccc2)cc1. The Morgan fingerprint density at radius 3 is 2.41 bits per heavy atom. The summed E-state index contributed by atoms with van der Waals surface area (Å²) < 4.78 is 29.9. The van der Waals surface area contributed by atoms with E-state index in [4.69, 9.17) is 15.1 Å². The zero-order chi connectivity index (χ0) is 22.9. The van der Waals surface area contributed by atoms with Gasteiger partial charge in [-0.05, 0) is 31.4 Å². The Hall–Kier alpha value is -3.17. The second-order valence-corrected chi connectivity index (χ2v) is 10.1. The summed E-state index contributed by atoms with van der Waals surface area (Å²) in [6, 6.07) is 14.8. The molecule has 0 radical (unpaired) electrons. The van der Waals surface area contributed by atoms with E-state index in [2.05, 4.69) is 0 Å². The number of amides is 2. The first kappa shape index (κ1) is 22.0. The van der Waals surface area contributed by atoms with Gasteiger partial charge in [-0.3, -0.25) is 5.21 Å². The minimum Gasteiger partial charge on any atom is -0.440 e. The molecule has 1 saturated carbocycles. The Bertz CT molecular complexity index is 1210. The Morgan fingerprint density at radius 1 is 1.09 bits per heavy atom. The maximum Gasteiger partial charge on any atom is 0.338 e. The standard InChI is InChI=1S/C23H25N3O5S/c1-32(29,30)19-12-10-15(11-13-19)20-21(16-6-3-2-4-7-16)31-22(25-20)17-8-5-9-18(14-17)26(28)23(24)27/h2-4,6-7,10-13,17-18,28H,5,8-9,14H2,1H3,(H2,24,27). The molecule has 3 aromatic rings. The van der Waals surface area contributed by atoms with Gasteiger partial charge in [-0.2, -0.15) is 0 Å². The van der Waals surface area contributed by atoms with Gasteiger partial charge in [0.1, 0.15) is 5.69 Å². The number of rotatable bonds is 5. The second kappa shape index (κ2) is 8.76. The van der Waals surface area contributed by atoms with Crippen LogP contribution in [0.4, 0.5) is 4.79 Å². The lowest BCUT2D eigenvalue weighted by molar-refractivity contribution is -0.0865. The molecule has 0 aliphatic heterocycles. The molecular formula is C23H25N3O5S. The number of hydrogen-bond donors (Lipinski definition) is 2. The van der Waals surface area contributed by atoms with E-state index in [1.54, 1.807) is 24.3 Å². The molecule has 1 fully saturated rings. The summed E-state index contributed by atoms with van der Waals surface area (Å²) in [5, 5.41) is 10.6. The van der Waals surface area contributed by atoms with E-state index >= 15 is 0 Å². The zero-order valence-electron chi connectivity index (χ0n) is 17.6. The van der Waals surface area contributed by atoms with Crippen molar-refractivity contribution in [1.29, 1.82) is 0 Å². The van der Waals surface area contributed by atoms with E-state index in [1.165, 1.54) is 6.26 Å². The van der Waals surface area contributed by atoms with Crippen LogP contribution in [0.3, 0.4) is 0 Å². The summed E-state index contributed by atoms with van der Waals surface area (Å²) in [6.07, 6.45) is 3.91. The number of hydroxylamine groups is 2. The highest BCUT2D eigenvalue weighted by molar-refractivity contribution is 7.90. The topological polar surface area (TPSA) is 127 Å². The molecule has 4 rings (SSSR count). The van der Waals surface area contributed by atoms with Crippen LogP contribution in [-0.2, 0) is 9.84 Å². The average Bonchev–Trinajstić information content (AvgIpc) is 3.24. The van der Waals surface area contributed by atoms with Gasteiger partial charge < -0.3 is 10.2 Å². The van der Waals surface area contributed by atoms with E-state index in [1.807, 2.05) is 30.3 Å². The molecule has 2 amide bonds. The molecule has 8 nitrogen and oxygen atoms in total. The molecule has 0 spiro atoms. The van der Waals surface area contributed by atoms with Crippen LogP contribution in [0.25, 0.3) is 22.6 Å². The lowest BCUT2D eigenvalue weighted by Gasteiger charge is -2.31. The third-order valence-corrected chi connectivity index (χ3v) is 6.93. The molecule has 2 aromatic carbocycles. The molecule has 1 aromatic heterocycles. The van der Waals surface area contributed by atoms with Crippen molar-refractivity contribution in [2.24, 2.45) is 5.73 Å². The highest BCUT2D eigenvalue weighted by Gasteiger charge is 2.32. The number of aromatic nitrogens is 1. The number of urea groups is 1. The fourth-order valence-corrected chi connectivity index (χ4v) is 4.77. The number of oxazole rings is 1. The van der Waals surface area contributed by atoms with Gasteiger partial charge in [0.15, 0.2) is 21.5 Å². The largest absolute Gasteiger partial charge is 0.440 e. The van der Waals surface area contributed by atoms with Crippen molar-refractivity contribution < 1.29 is 22.8 Å². The van der Waals surface area contributed by atoms with Crippen LogP contribution in [0, 0.1) is 0 Å². The smallest absolute Gasteiger partial charge is 0.338 e. The highest BCUT2D eigenvalue weighted by Crippen LogP contribution is 2.40. The third-order valence-electron chi connectivity index (χ3n) is 5.80. The molecule has 3 N–H and O–H groups in total. The van der Waals surface area contributed by atoms with Crippen molar-refractivity contribution in [3.63, 3.8) is 0 Å². The summed E-state index contributed by atoms with van der Waals surface area (Å²) in [6.45, 7) is 0. The molecule has 1 heterocycles. The highest BCUT2D eigenvalue weighted by atomic mass is 32.2. The zero-order valence-corrected chi connectivity index (χ0v) is 18.5. The van der Waals surface area contributed by atoms with Crippen LogP contribution < -0.4 is 5.73 Å². The Kier molecular flexibility index (Phi) is 6.03. The number of carbonyl (C=O) groups is 1. The second-order valence-electron chi connectivity index (χ2n) is 8.09. The Morgan fingerprint density at radius 2 is 1.78 bits per heavy atom. The van der Waals surface area contributed by atoms with Crippen molar-refractivity contribution in [3.8, 4) is 22.6 Å². The van der Waals surface area contributed by atoms with Crippen LogP contribution in [0.15, 0.2) is 63.9 Å². The maximum atomic E-state index is 11.8. The van der Waals surface area contributed by atoms with Crippen molar-refractivity contribution in [1.82, 2.24) is 10.0 Å². The average molecular weight is 456 g/mol. The first-order valence-electron chi connectivity index (χ1n) is 10.4. The number of nitrogens with zero attached hydrogens (tertiary/aromatic N) is 2. The van der Waals surface area contributed by atoms with Crippen molar-refractivity contribution in [3.05, 3.63) is 60.5 Å². The summed E-state index contributed by atoms with van der Waals surface area (Å²) >= 11 is 0. The Balaban J connectivity index is 1.73. The van der Waals surface area contributed by atoms with Gasteiger partial charge in [0.25, 0.3) is 0 Å². The van der Waals surface area contributed by atoms with E-state index in [0.717, 1.165) is 24.0 Å². The quantitative estimate of drug-likeness (QED) is 0.438. The maximum absolute atomic E-state index is 11.8. The molecule has 1 aliphatic carbocycles. The van der Waals surface area contributed by atoms with Gasteiger partial charge in [0.2, 0.25) is 0 Å². The predicted octanol–water partition coefficient (Wildman–Crippen LogP) is 4.21. The van der Waals surface area contributed by atoms with Crippen molar-refractivity contribution >= 4 is 15.9 Å². The number of sulfone groups is 1. The fourth-order valence-electron chi connectivity index (χ4n) is 4.14. The van der Waals surface area contributed by atoms with Crippen LogP contribution in [-0.4, -0.2) is 42.0 Å². The molecule has 2 unspecified atom stereocenters. The summed E-state index contributed by atoms with van der Waals surface area (Å²) in [7, 11) is -3.31. The number of primary amides is 1. The van der Waals surface area contributed by atoms with Gasteiger partial charge in [0.05, 0.1) is 10.9 Å². The third kappa shape index (κ3) is 4.53. The van der Waals surface area contributed by atoms with Crippen molar-refractivity contribution in [2.45, 2.75) is 42.5 Å². The normalized spacial score (nSPS) is 18.9. The molecule has 0 bridgehead atoms. The molecule has 32 heavy (non-hydrogen) atoms.